The number of rotatable bonds is 9. The average Bonchev–Trinajstić information content (AvgIpc) is 3.67. The molecule has 214 valence electrons. The smallest absolute Gasteiger partial charge is 0.296 e. The Bertz CT molecular complexity index is 1850. The number of benzene rings is 3. The fraction of sp³-hybridized carbons (Fsp3) is 0.242. The van der Waals surface area contributed by atoms with E-state index in [0.717, 1.165) is 39.6 Å². The molecule has 1 atom stereocenters. The summed E-state index contributed by atoms with van der Waals surface area (Å²) < 4.78 is 18.3. The van der Waals surface area contributed by atoms with Gasteiger partial charge < -0.3 is 19.0 Å². The molecule has 42 heavy (non-hydrogen) atoms. The third-order valence-electron chi connectivity index (χ3n) is 7.39. The van der Waals surface area contributed by atoms with E-state index in [4.69, 9.17) is 18.9 Å². The van der Waals surface area contributed by atoms with E-state index in [1.165, 1.54) is 23.3 Å². The Morgan fingerprint density at radius 2 is 1.90 bits per heavy atom. The van der Waals surface area contributed by atoms with Crippen LogP contribution in [0.15, 0.2) is 76.4 Å². The van der Waals surface area contributed by atoms with Gasteiger partial charge >= 0.3 is 0 Å². The van der Waals surface area contributed by atoms with Gasteiger partial charge in [-0.05, 0) is 67.3 Å². The lowest BCUT2D eigenvalue weighted by Crippen LogP contribution is -2.31. The second-order valence-electron chi connectivity index (χ2n) is 10.4. The molecule has 1 aliphatic heterocycles. The number of carbonyl (C=O) groups excluding carboxylic acids is 2. The molecule has 0 spiro atoms. The molecule has 5 aromatic rings. The molecule has 0 saturated heterocycles. The van der Waals surface area contributed by atoms with E-state index in [2.05, 4.69) is 6.92 Å². The second-order valence-corrected chi connectivity index (χ2v) is 11.4. The van der Waals surface area contributed by atoms with Crippen LogP contribution in [0.4, 0.5) is 5.13 Å². The lowest BCUT2D eigenvalue weighted by Gasteiger charge is -2.25. The quantitative estimate of drug-likeness (QED) is 0.141. The Labute approximate surface area is 246 Å². The van der Waals surface area contributed by atoms with Crippen molar-refractivity contribution in [3.8, 4) is 11.5 Å². The number of carbonyl (C=O) groups is 2. The highest BCUT2D eigenvalue weighted by Crippen LogP contribution is 2.46. The van der Waals surface area contributed by atoms with Gasteiger partial charge in [0.15, 0.2) is 28.1 Å². The molecule has 2 aromatic heterocycles. The van der Waals surface area contributed by atoms with Crippen molar-refractivity contribution in [2.45, 2.75) is 39.7 Å². The molecule has 0 fully saturated rings. The largest absolute Gasteiger partial charge is 0.503 e. The maximum absolute atomic E-state index is 14.0. The summed E-state index contributed by atoms with van der Waals surface area (Å²) in [7, 11) is 1.54. The fourth-order valence-electron chi connectivity index (χ4n) is 5.34. The summed E-state index contributed by atoms with van der Waals surface area (Å²) in [6.07, 6.45) is 1.87. The zero-order valence-corrected chi connectivity index (χ0v) is 24.6. The highest BCUT2D eigenvalue weighted by atomic mass is 32.1. The number of aliphatic hydroxyl groups is 1. The minimum absolute atomic E-state index is 0.0275. The molecule has 3 heterocycles. The van der Waals surface area contributed by atoms with Crippen molar-refractivity contribution in [2.75, 3.05) is 18.6 Å². The monoisotopic (exact) mass is 582 g/mol. The average molecular weight is 583 g/mol. The van der Waals surface area contributed by atoms with Crippen LogP contribution in [0, 0.1) is 13.8 Å². The van der Waals surface area contributed by atoms with Crippen molar-refractivity contribution in [2.24, 2.45) is 0 Å². The highest BCUT2D eigenvalue weighted by molar-refractivity contribution is 7.22. The van der Waals surface area contributed by atoms with Gasteiger partial charge in [0, 0.05) is 5.39 Å². The fourth-order valence-corrected chi connectivity index (χ4v) is 6.51. The maximum atomic E-state index is 14.0. The molecule has 1 unspecified atom stereocenters. The number of aryl methyl sites for hydroxylation is 2. The maximum Gasteiger partial charge on any atom is 0.296 e. The Hall–Kier alpha value is -4.63. The molecule has 0 radical (unpaired) electrons. The van der Waals surface area contributed by atoms with E-state index in [1.807, 2.05) is 44.2 Å². The summed E-state index contributed by atoms with van der Waals surface area (Å²) in [6, 6.07) is 17.2. The van der Waals surface area contributed by atoms with Crippen molar-refractivity contribution in [3.05, 3.63) is 94.4 Å². The van der Waals surface area contributed by atoms with Crippen molar-refractivity contribution < 1.29 is 28.6 Å². The van der Waals surface area contributed by atoms with E-state index < -0.39 is 23.5 Å². The zero-order chi connectivity index (χ0) is 29.5. The second kappa shape index (κ2) is 11.0. The molecule has 8 nitrogen and oxygen atoms in total. The number of unbranched alkanes of at least 4 members (excludes halogenated alkanes) is 1. The summed E-state index contributed by atoms with van der Waals surface area (Å²) in [5.41, 5.74) is 3.81. The Balaban J connectivity index is 1.50. The van der Waals surface area contributed by atoms with Crippen molar-refractivity contribution in [3.63, 3.8) is 0 Å². The number of nitrogens with zero attached hydrogens (tertiary/aromatic N) is 2. The van der Waals surface area contributed by atoms with Crippen LogP contribution in [-0.2, 0) is 4.79 Å². The van der Waals surface area contributed by atoms with Crippen LogP contribution in [0.5, 0.6) is 11.5 Å². The van der Waals surface area contributed by atoms with Gasteiger partial charge in [-0.1, -0.05) is 55.0 Å². The van der Waals surface area contributed by atoms with Crippen LogP contribution in [0.1, 0.15) is 53.1 Å². The number of anilines is 1. The van der Waals surface area contributed by atoms with Crippen molar-refractivity contribution in [1.82, 2.24) is 4.98 Å². The number of hydrogen-bond acceptors (Lipinski definition) is 8. The number of ketones is 1. The molecule has 1 amide bonds. The Morgan fingerprint density at radius 1 is 1.10 bits per heavy atom. The van der Waals surface area contributed by atoms with E-state index in [-0.39, 0.29) is 11.3 Å². The number of fused-ring (bicyclic) bond motifs is 2. The predicted octanol–water partition coefficient (Wildman–Crippen LogP) is 7.63. The van der Waals surface area contributed by atoms with Gasteiger partial charge in [-0.15, -0.1) is 0 Å². The number of thiazole rings is 1. The normalized spacial score (nSPS) is 15.3. The van der Waals surface area contributed by atoms with Gasteiger partial charge in [0.2, 0.25) is 5.78 Å². The van der Waals surface area contributed by atoms with Crippen LogP contribution in [0.3, 0.4) is 0 Å². The number of Topliss-reactive ketones (excluding diaryl/α,β-unsaturated/α-hetero) is 1. The lowest BCUT2D eigenvalue weighted by atomic mass is 9.95. The van der Waals surface area contributed by atoms with E-state index in [9.17, 15) is 14.7 Å². The molecule has 3 aromatic carbocycles. The Morgan fingerprint density at radius 3 is 2.67 bits per heavy atom. The minimum atomic E-state index is -0.987. The summed E-state index contributed by atoms with van der Waals surface area (Å²) in [5.74, 6) is -0.904. The first-order chi connectivity index (χ1) is 20.3. The first-order valence-corrected chi connectivity index (χ1v) is 14.6. The van der Waals surface area contributed by atoms with E-state index >= 15 is 0 Å². The van der Waals surface area contributed by atoms with Crippen LogP contribution in [-0.4, -0.2) is 35.5 Å². The van der Waals surface area contributed by atoms with Gasteiger partial charge in [-0.2, -0.15) is 0 Å². The third-order valence-corrected chi connectivity index (χ3v) is 8.39. The predicted molar refractivity (Wildman–Crippen MR) is 163 cm³/mol. The van der Waals surface area contributed by atoms with Gasteiger partial charge in [0.25, 0.3) is 5.91 Å². The molecule has 1 aliphatic rings. The lowest BCUT2D eigenvalue weighted by molar-refractivity contribution is -0.117. The van der Waals surface area contributed by atoms with Crippen molar-refractivity contribution in [1.29, 1.82) is 0 Å². The van der Waals surface area contributed by atoms with Crippen LogP contribution in [0.2, 0.25) is 0 Å². The number of methoxy groups -OCH3 is 1. The molecule has 1 N–H and O–H groups in total. The first kappa shape index (κ1) is 27.5. The van der Waals surface area contributed by atoms with Gasteiger partial charge in [-0.3, -0.25) is 14.5 Å². The topological polar surface area (TPSA) is 102 Å². The van der Waals surface area contributed by atoms with Gasteiger partial charge in [-0.25, -0.2) is 4.98 Å². The van der Waals surface area contributed by atoms with Gasteiger partial charge in [0.1, 0.15) is 5.58 Å². The Kier molecular flexibility index (Phi) is 7.20. The SMILES string of the molecule is CCCCOc1ccc(C2C(C(=O)c3cc4ccccc4o3)=C(O)C(=O)N2c2nc3c(C)cc(C)cc3s2)cc1OC. The molecular weight excluding hydrogens is 552 g/mol. The highest BCUT2D eigenvalue weighted by Gasteiger charge is 2.47. The molecule has 0 saturated carbocycles. The number of furan rings is 1. The summed E-state index contributed by atoms with van der Waals surface area (Å²) in [5, 5.41) is 12.4. The molecular formula is C33H30N2O6S. The number of para-hydroxylation sites is 1. The first-order valence-electron chi connectivity index (χ1n) is 13.8. The van der Waals surface area contributed by atoms with Crippen molar-refractivity contribution >= 4 is 49.3 Å². The number of aromatic nitrogens is 1. The van der Waals surface area contributed by atoms with Crippen LogP contribution < -0.4 is 14.4 Å². The number of ether oxygens (including phenoxy) is 2. The van der Waals surface area contributed by atoms with Gasteiger partial charge in [0.05, 0.1) is 35.5 Å². The van der Waals surface area contributed by atoms with Crippen LogP contribution in [0.25, 0.3) is 21.2 Å². The summed E-state index contributed by atoms with van der Waals surface area (Å²) in [6.45, 7) is 6.58. The molecule has 9 heteroatoms. The zero-order valence-electron chi connectivity index (χ0n) is 23.8. The molecule has 0 aliphatic carbocycles. The van der Waals surface area contributed by atoms with E-state index in [0.29, 0.717) is 34.4 Å². The van der Waals surface area contributed by atoms with E-state index in [1.54, 1.807) is 30.3 Å². The summed E-state index contributed by atoms with van der Waals surface area (Å²) >= 11 is 1.33. The van der Waals surface area contributed by atoms with Crippen LogP contribution >= 0.6 is 11.3 Å². The third kappa shape index (κ3) is 4.69. The summed E-state index contributed by atoms with van der Waals surface area (Å²) in [4.78, 5) is 34.0. The molecule has 0 bridgehead atoms. The molecule has 6 rings (SSSR count). The number of aliphatic hydroxyl groups excluding tert-OH is 1. The number of hydrogen-bond donors (Lipinski definition) is 1. The standard InChI is InChI=1S/C33H30N2O6S/c1-5-6-13-40-23-12-11-21(17-24(23)39-4)29-27(30(36)25-16-20-9-7-8-10-22(20)41-25)31(37)32(38)35(29)33-34-28-19(3)14-18(2)15-26(28)42-33/h7-12,14-17,29,37H,5-6,13H2,1-4H3. The minimum Gasteiger partial charge on any atom is -0.503 e. The number of amides is 1.